The number of nitrogens with one attached hydrogen (secondary N) is 3. The SMILES string of the molecule is CCc1cc(NS(=O)(=O)c2ccccc2)cc(C(COC(C)=O)Nc2ccc(C(=N)N)cc2)c1.Cl. The lowest BCUT2D eigenvalue weighted by Gasteiger charge is -2.22. The van der Waals surface area contributed by atoms with Crippen LogP contribution in [0.15, 0.2) is 77.7 Å². The van der Waals surface area contributed by atoms with Gasteiger partial charge in [0.1, 0.15) is 12.4 Å². The molecule has 3 rings (SSSR count). The number of anilines is 2. The first-order chi connectivity index (χ1) is 16.2. The van der Waals surface area contributed by atoms with Crippen molar-refractivity contribution in [3.8, 4) is 0 Å². The van der Waals surface area contributed by atoms with Crippen LogP contribution in [0.1, 0.15) is 36.6 Å². The van der Waals surface area contributed by atoms with Gasteiger partial charge in [-0.1, -0.05) is 31.2 Å². The van der Waals surface area contributed by atoms with E-state index in [1.165, 1.54) is 19.1 Å². The number of carbonyl (C=O) groups excluding carboxylic acids is 1. The minimum atomic E-state index is -3.77. The monoisotopic (exact) mass is 516 g/mol. The average molecular weight is 517 g/mol. The summed E-state index contributed by atoms with van der Waals surface area (Å²) in [4.78, 5) is 11.7. The molecule has 0 aliphatic heterocycles. The summed E-state index contributed by atoms with van der Waals surface area (Å²) in [5.74, 6) is -0.454. The molecule has 0 bridgehead atoms. The highest BCUT2D eigenvalue weighted by Gasteiger charge is 2.18. The summed E-state index contributed by atoms with van der Waals surface area (Å²) in [7, 11) is -3.77. The highest BCUT2D eigenvalue weighted by atomic mass is 35.5. The molecule has 1 unspecified atom stereocenters. The number of amidine groups is 1. The molecule has 186 valence electrons. The van der Waals surface area contributed by atoms with Crippen LogP contribution in [-0.4, -0.2) is 26.8 Å². The minimum Gasteiger partial charge on any atom is -0.463 e. The van der Waals surface area contributed by atoms with Crippen molar-refractivity contribution in [2.24, 2.45) is 5.73 Å². The molecule has 35 heavy (non-hydrogen) atoms. The second-order valence-electron chi connectivity index (χ2n) is 7.73. The van der Waals surface area contributed by atoms with E-state index in [-0.39, 0.29) is 29.7 Å². The van der Waals surface area contributed by atoms with Crippen LogP contribution in [0.3, 0.4) is 0 Å². The maximum Gasteiger partial charge on any atom is 0.302 e. The number of hydrogen-bond acceptors (Lipinski definition) is 6. The number of halogens is 1. The van der Waals surface area contributed by atoms with Gasteiger partial charge in [-0.25, -0.2) is 8.42 Å². The number of hydrogen-bond donors (Lipinski definition) is 4. The van der Waals surface area contributed by atoms with Crippen molar-refractivity contribution in [1.29, 1.82) is 5.41 Å². The van der Waals surface area contributed by atoms with Gasteiger partial charge in [0.05, 0.1) is 10.9 Å². The number of carbonyl (C=O) groups is 1. The lowest BCUT2D eigenvalue weighted by Crippen LogP contribution is -2.20. The van der Waals surface area contributed by atoms with Crippen LogP contribution in [0, 0.1) is 5.41 Å². The van der Waals surface area contributed by atoms with Crippen LogP contribution in [-0.2, 0) is 26.0 Å². The van der Waals surface area contributed by atoms with E-state index in [0.717, 1.165) is 16.8 Å². The molecule has 0 fully saturated rings. The molecule has 0 spiro atoms. The van der Waals surface area contributed by atoms with Gasteiger partial charge in [0, 0.05) is 23.9 Å². The van der Waals surface area contributed by atoms with Gasteiger partial charge < -0.3 is 15.8 Å². The normalized spacial score (nSPS) is 11.6. The number of aryl methyl sites for hydroxylation is 1. The van der Waals surface area contributed by atoms with E-state index in [1.807, 2.05) is 13.0 Å². The van der Waals surface area contributed by atoms with Gasteiger partial charge in [-0.05, 0) is 66.1 Å². The zero-order valence-electron chi connectivity index (χ0n) is 19.4. The Labute approximate surface area is 211 Å². The first kappa shape index (κ1) is 27.7. The Morgan fingerprint density at radius 2 is 1.69 bits per heavy atom. The Morgan fingerprint density at radius 3 is 2.26 bits per heavy atom. The third-order valence-corrected chi connectivity index (χ3v) is 6.52. The van der Waals surface area contributed by atoms with Gasteiger partial charge in [-0.15, -0.1) is 12.4 Å². The molecule has 0 amide bonds. The Bertz CT molecular complexity index is 1270. The van der Waals surface area contributed by atoms with Gasteiger partial charge in [0.25, 0.3) is 10.0 Å². The smallest absolute Gasteiger partial charge is 0.302 e. The second kappa shape index (κ2) is 12.2. The first-order valence-electron chi connectivity index (χ1n) is 10.7. The zero-order valence-corrected chi connectivity index (χ0v) is 21.1. The van der Waals surface area contributed by atoms with Crippen molar-refractivity contribution in [2.75, 3.05) is 16.6 Å². The molecule has 3 aromatic rings. The number of sulfonamides is 1. The highest BCUT2D eigenvalue weighted by Crippen LogP contribution is 2.27. The highest BCUT2D eigenvalue weighted by molar-refractivity contribution is 7.92. The van der Waals surface area contributed by atoms with Gasteiger partial charge >= 0.3 is 5.97 Å². The molecule has 0 aromatic heterocycles. The Balaban J connectivity index is 0.00000432. The molecule has 3 aromatic carbocycles. The molecule has 0 heterocycles. The molecule has 0 saturated heterocycles. The summed E-state index contributed by atoms with van der Waals surface area (Å²) in [6.07, 6.45) is 0.682. The number of nitrogen functional groups attached to an aromatic ring is 1. The molecule has 5 N–H and O–H groups in total. The van der Waals surface area contributed by atoms with Crippen molar-refractivity contribution in [1.82, 2.24) is 0 Å². The number of esters is 1. The molecule has 8 nitrogen and oxygen atoms in total. The lowest BCUT2D eigenvalue weighted by atomic mass is 10.0. The van der Waals surface area contributed by atoms with Crippen molar-refractivity contribution in [3.63, 3.8) is 0 Å². The van der Waals surface area contributed by atoms with Gasteiger partial charge in [-0.2, -0.15) is 0 Å². The van der Waals surface area contributed by atoms with Gasteiger partial charge in [0.2, 0.25) is 0 Å². The summed E-state index contributed by atoms with van der Waals surface area (Å²) >= 11 is 0. The van der Waals surface area contributed by atoms with Crippen LogP contribution in [0.4, 0.5) is 11.4 Å². The predicted molar refractivity (Wildman–Crippen MR) is 141 cm³/mol. The van der Waals surface area contributed by atoms with E-state index in [0.29, 0.717) is 17.7 Å². The van der Waals surface area contributed by atoms with E-state index < -0.39 is 22.0 Å². The van der Waals surface area contributed by atoms with E-state index >= 15 is 0 Å². The van der Waals surface area contributed by atoms with Crippen molar-refractivity contribution < 1.29 is 17.9 Å². The lowest BCUT2D eigenvalue weighted by molar-refractivity contribution is -0.141. The molecule has 0 aliphatic carbocycles. The maximum atomic E-state index is 12.9. The Hall–Kier alpha value is -3.56. The fourth-order valence-corrected chi connectivity index (χ4v) is 4.43. The van der Waals surface area contributed by atoms with Crippen LogP contribution < -0.4 is 15.8 Å². The topological polar surface area (TPSA) is 134 Å². The fraction of sp³-hybridized carbons (Fsp3) is 0.200. The Morgan fingerprint density at radius 1 is 1.03 bits per heavy atom. The molecular formula is C25H29ClN4O4S. The van der Waals surface area contributed by atoms with E-state index in [1.54, 1.807) is 54.6 Å². The standard InChI is InChI=1S/C25H28N4O4S.ClH/c1-3-18-13-20(15-22(14-18)29-34(31,32)23-7-5-4-6-8-23)24(16-33-17(2)30)28-21-11-9-19(10-12-21)25(26)27;/h4-15,24,28-29H,3,16H2,1-2H3,(H3,26,27);1H. The largest absolute Gasteiger partial charge is 0.463 e. The molecular weight excluding hydrogens is 488 g/mol. The van der Waals surface area contributed by atoms with Gasteiger partial charge in [-0.3, -0.25) is 14.9 Å². The first-order valence-corrected chi connectivity index (χ1v) is 12.2. The minimum absolute atomic E-state index is 0. The summed E-state index contributed by atoms with van der Waals surface area (Å²) in [5, 5.41) is 10.9. The summed E-state index contributed by atoms with van der Waals surface area (Å²) < 4.78 is 33.6. The third-order valence-electron chi connectivity index (χ3n) is 5.12. The number of rotatable bonds is 10. The quantitative estimate of drug-likeness (QED) is 0.178. The average Bonchev–Trinajstić information content (AvgIpc) is 2.82. The molecule has 10 heteroatoms. The molecule has 1 atom stereocenters. The molecule has 0 saturated carbocycles. The number of nitrogens with two attached hydrogens (primary N) is 1. The second-order valence-corrected chi connectivity index (χ2v) is 9.41. The van der Waals surface area contributed by atoms with Crippen LogP contribution >= 0.6 is 12.4 Å². The van der Waals surface area contributed by atoms with E-state index in [4.69, 9.17) is 15.9 Å². The van der Waals surface area contributed by atoms with Gasteiger partial charge in [0.15, 0.2) is 0 Å². The zero-order chi connectivity index (χ0) is 24.7. The fourth-order valence-electron chi connectivity index (χ4n) is 3.37. The van der Waals surface area contributed by atoms with Crippen LogP contribution in [0.25, 0.3) is 0 Å². The van der Waals surface area contributed by atoms with Crippen molar-refractivity contribution >= 4 is 45.6 Å². The Kier molecular flexibility index (Phi) is 9.68. The van der Waals surface area contributed by atoms with E-state index in [2.05, 4.69) is 10.0 Å². The van der Waals surface area contributed by atoms with E-state index in [9.17, 15) is 13.2 Å². The number of ether oxygens (including phenoxy) is 1. The summed E-state index contributed by atoms with van der Waals surface area (Å²) in [5.41, 5.74) is 8.94. The summed E-state index contributed by atoms with van der Waals surface area (Å²) in [6.45, 7) is 3.35. The van der Waals surface area contributed by atoms with Crippen molar-refractivity contribution in [2.45, 2.75) is 31.2 Å². The van der Waals surface area contributed by atoms with Crippen LogP contribution in [0.5, 0.6) is 0 Å². The molecule has 0 radical (unpaired) electrons. The predicted octanol–water partition coefficient (Wildman–Crippen LogP) is 4.47. The maximum absolute atomic E-state index is 12.9. The third kappa shape index (κ3) is 7.73. The van der Waals surface area contributed by atoms with Crippen LogP contribution in [0.2, 0.25) is 0 Å². The van der Waals surface area contributed by atoms with Crippen molar-refractivity contribution in [3.05, 3.63) is 89.5 Å². The summed E-state index contributed by atoms with van der Waals surface area (Å²) in [6, 6.07) is 20.2. The molecule has 0 aliphatic rings. The number of benzene rings is 3.